The maximum atomic E-state index is 15.2. The molecule has 0 aliphatic heterocycles. The van der Waals surface area contributed by atoms with E-state index in [0.29, 0.717) is 12.1 Å². The summed E-state index contributed by atoms with van der Waals surface area (Å²) in [5, 5.41) is 1.27. The normalized spacial score (nSPS) is 11.3. The SMILES string of the molecule is COC(=O)c1cc(NC(=O)c2c(Oc3ccc(OC(F)(F)F)c(F)c3OC)cc(Cl)c(C(F)F)c2F)ccn1. The molecule has 0 saturated carbocycles. The zero-order valence-corrected chi connectivity index (χ0v) is 20.2. The van der Waals surface area contributed by atoms with Crippen molar-refractivity contribution in [1.82, 2.24) is 4.98 Å². The van der Waals surface area contributed by atoms with Crippen LogP contribution in [0.3, 0.4) is 0 Å². The number of alkyl halides is 5. The van der Waals surface area contributed by atoms with E-state index in [2.05, 4.69) is 19.8 Å². The zero-order valence-electron chi connectivity index (χ0n) is 19.5. The van der Waals surface area contributed by atoms with Gasteiger partial charge in [-0.15, -0.1) is 13.2 Å². The second kappa shape index (κ2) is 11.6. The fourth-order valence-electron chi connectivity index (χ4n) is 3.14. The molecule has 0 aliphatic carbocycles. The monoisotopic (exact) mass is 582 g/mol. The highest BCUT2D eigenvalue weighted by Crippen LogP contribution is 2.43. The first kappa shape index (κ1) is 29.3. The van der Waals surface area contributed by atoms with E-state index in [1.807, 2.05) is 0 Å². The van der Waals surface area contributed by atoms with Gasteiger partial charge < -0.3 is 24.3 Å². The summed E-state index contributed by atoms with van der Waals surface area (Å²) < 4.78 is 113. The number of hydrogen-bond acceptors (Lipinski definition) is 7. The molecular weight excluding hydrogens is 569 g/mol. The fraction of sp³-hybridized carbons (Fsp3) is 0.174. The molecule has 3 rings (SSSR count). The van der Waals surface area contributed by atoms with Crippen molar-refractivity contribution in [2.75, 3.05) is 19.5 Å². The topological polar surface area (TPSA) is 96.0 Å². The van der Waals surface area contributed by atoms with Gasteiger partial charge >= 0.3 is 12.3 Å². The molecule has 0 bridgehead atoms. The molecule has 0 aliphatic rings. The molecule has 2 aromatic carbocycles. The predicted molar refractivity (Wildman–Crippen MR) is 120 cm³/mol. The summed E-state index contributed by atoms with van der Waals surface area (Å²) in [7, 11) is 1.92. The van der Waals surface area contributed by atoms with Crippen LogP contribution in [-0.2, 0) is 4.74 Å². The fourth-order valence-corrected chi connectivity index (χ4v) is 3.40. The zero-order chi connectivity index (χ0) is 29.1. The first-order valence-electron chi connectivity index (χ1n) is 10.2. The molecular formula is C23H14ClF7N2O6. The first-order valence-corrected chi connectivity index (χ1v) is 10.6. The van der Waals surface area contributed by atoms with Crippen LogP contribution in [0.25, 0.3) is 0 Å². The van der Waals surface area contributed by atoms with Gasteiger partial charge in [0.2, 0.25) is 11.6 Å². The van der Waals surface area contributed by atoms with Crippen molar-refractivity contribution in [3.63, 3.8) is 0 Å². The summed E-state index contributed by atoms with van der Waals surface area (Å²) in [6, 6.07) is 4.04. The van der Waals surface area contributed by atoms with Crippen LogP contribution < -0.4 is 19.5 Å². The van der Waals surface area contributed by atoms with E-state index >= 15 is 4.39 Å². The van der Waals surface area contributed by atoms with Crippen LogP contribution >= 0.6 is 11.6 Å². The Hall–Kier alpha value is -4.27. The lowest BCUT2D eigenvalue weighted by Gasteiger charge is -2.18. The second-order valence-electron chi connectivity index (χ2n) is 7.19. The van der Waals surface area contributed by atoms with E-state index in [9.17, 15) is 35.9 Å². The summed E-state index contributed by atoms with van der Waals surface area (Å²) >= 11 is 5.77. The Bertz CT molecular complexity index is 1420. The van der Waals surface area contributed by atoms with Crippen LogP contribution in [0, 0.1) is 11.6 Å². The van der Waals surface area contributed by atoms with Gasteiger partial charge in [0, 0.05) is 18.0 Å². The number of rotatable bonds is 8. The number of nitrogens with one attached hydrogen (secondary N) is 1. The van der Waals surface area contributed by atoms with Crippen LogP contribution in [0.5, 0.6) is 23.0 Å². The average molecular weight is 583 g/mol. The summed E-state index contributed by atoms with van der Waals surface area (Å²) in [5.41, 5.74) is -2.93. The van der Waals surface area contributed by atoms with E-state index in [-0.39, 0.29) is 11.4 Å². The number of esters is 1. The van der Waals surface area contributed by atoms with Crippen molar-refractivity contribution in [3.8, 4) is 23.0 Å². The third-order valence-electron chi connectivity index (χ3n) is 4.75. The van der Waals surface area contributed by atoms with Gasteiger partial charge in [0.25, 0.3) is 12.3 Å². The van der Waals surface area contributed by atoms with Crippen LogP contribution in [0.1, 0.15) is 32.8 Å². The molecule has 0 atom stereocenters. The van der Waals surface area contributed by atoms with Gasteiger partial charge in [-0.05, 0) is 24.3 Å². The number of methoxy groups -OCH3 is 2. The summed E-state index contributed by atoms with van der Waals surface area (Å²) in [6.07, 6.45) is -7.67. The Morgan fingerprint density at radius 1 is 1.00 bits per heavy atom. The predicted octanol–water partition coefficient (Wildman–Crippen LogP) is 6.69. The van der Waals surface area contributed by atoms with Crippen molar-refractivity contribution < 1.29 is 59.3 Å². The van der Waals surface area contributed by atoms with E-state index in [1.165, 1.54) is 6.07 Å². The average Bonchev–Trinajstić information content (AvgIpc) is 2.84. The van der Waals surface area contributed by atoms with Crippen LogP contribution in [-0.4, -0.2) is 37.4 Å². The smallest absolute Gasteiger partial charge is 0.490 e. The van der Waals surface area contributed by atoms with Crippen LogP contribution in [0.4, 0.5) is 36.4 Å². The van der Waals surface area contributed by atoms with E-state index in [4.69, 9.17) is 21.1 Å². The van der Waals surface area contributed by atoms with Gasteiger partial charge in [0.1, 0.15) is 22.8 Å². The molecule has 1 N–H and O–H groups in total. The minimum atomic E-state index is -5.26. The third kappa shape index (κ3) is 6.60. The number of benzene rings is 2. The van der Waals surface area contributed by atoms with Crippen molar-refractivity contribution in [1.29, 1.82) is 0 Å². The Morgan fingerprint density at radius 3 is 2.26 bits per heavy atom. The molecule has 208 valence electrons. The second-order valence-corrected chi connectivity index (χ2v) is 7.60. The van der Waals surface area contributed by atoms with Gasteiger partial charge in [-0.2, -0.15) is 4.39 Å². The van der Waals surface area contributed by atoms with Crippen molar-refractivity contribution in [2.45, 2.75) is 12.8 Å². The lowest BCUT2D eigenvalue weighted by Crippen LogP contribution is -2.18. The highest BCUT2D eigenvalue weighted by Gasteiger charge is 2.34. The molecule has 39 heavy (non-hydrogen) atoms. The van der Waals surface area contributed by atoms with Gasteiger partial charge in [0.05, 0.1) is 24.8 Å². The number of nitrogens with zero attached hydrogens (tertiary/aromatic N) is 1. The highest BCUT2D eigenvalue weighted by molar-refractivity contribution is 6.31. The molecule has 0 saturated heterocycles. The number of halogens is 8. The number of aromatic nitrogens is 1. The maximum absolute atomic E-state index is 15.2. The largest absolute Gasteiger partial charge is 0.573 e. The van der Waals surface area contributed by atoms with Gasteiger partial charge in [-0.1, -0.05) is 11.6 Å². The number of amides is 1. The number of anilines is 1. The first-order chi connectivity index (χ1) is 18.3. The molecule has 8 nitrogen and oxygen atoms in total. The van der Waals surface area contributed by atoms with Crippen LogP contribution in [0.15, 0.2) is 36.5 Å². The number of carbonyl (C=O) groups is 2. The molecule has 16 heteroatoms. The quantitative estimate of drug-likeness (QED) is 0.234. The van der Waals surface area contributed by atoms with E-state index in [1.54, 1.807) is 0 Å². The Morgan fingerprint density at radius 2 is 1.67 bits per heavy atom. The van der Waals surface area contributed by atoms with Gasteiger partial charge in [-0.3, -0.25) is 4.79 Å². The molecule has 1 aromatic heterocycles. The summed E-state index contributed by atoms with van der Waals surface area (Å²) in [6.45, 7) is 0. The van der Waals surface area contributed by atoms with Crippen molar-refractivity contribution in [3.05, 3.63) is 70.0 Å². The molecule has 0 fully saturated rings. The lowest BCUT2D eigenvalue weighted by atomic mass is 10.1. The number of carbonyl (C=O) groups excluding carboxylic acids is 2. The van der Waals surface area contributed by atoms with Crippen LogP contribution in [0.2, 0.25) is 5.02 Å². The molecule has 1 heterocycles. The van der Waals surface area contributed by atoms with Crippen molar-refractivity contribution >= 4 is 29.2 Å². The summed E-state index contributed by atoms with van der Waals surface area (Å²) in [5.74, 6) is -9.58. The standard InChI is InChI=1S/C23H14ClF7N2O6/c1-36-19-13(4-3-12(17(19)25)39-23(29,30)31)38-14-8-10(24)15(20(27)28)18(26)16(14)21(34)33-9-5-6-32-11(7-9)22(35)37-2/h3-8,20H,1-2H3,(H,32,33,34). The lowest BCUT2D eigenvalue weighted by molar-refractivity contribution is -0.275. The van der Waals surface area contributed by atoms with E-state index < -0.39 is 75.4 Å². The third-order valence-corrected chi connectivity index (χ3v) is 5.06. The highest BCUT2D eigenvalue weighted by atomic mass is 35.5. The summed E-state index contributed by atoms with van der Waals surface area (Å²) in [4.78, 5) is 28.4. The maximum Gasteiger partial charge on any atom is 0.573 e. The minimum absolute atomic E-state index is 0.147. The number of pyridine rings is 1. The Balaban J connectivity index is 2.10. The Kier molecular flexibility index (Phi) is 8.74. The van der Waals surface area contributed by atoms with Gasteiger partial charge in [-0.25, -0.2) is 22.9 Å². The Labute approximate surface area is 219 Å². The molecule has 0 unspecified atom stereocenters. The molecule has 3 aromatic rings. The molecule has 0 radical (unpaired) electrons. The molecule has 1 amide bonds. The van der Waals surface area contributed by atoms with E-state index in [0.717, 1.165) is 32.5 Å². The molecule has 0 spiro atoms. The minimum Gasteiger partial charge on any atom is -0.490 e. The number of hydrogen-bond donors (Lipinski definition) is 1. The van der Waals surface area contributed by atoms with Crippen molar-refractivity contribution in [2.24, 2.45) is 0 Å². The van der Waals surface area contributed by atoms with Gasteiger partial charge in [0.15, 0.2) is 11.5 Å². The number of ether oxygens (including phenoxy) is 4.